The molecule has 5 heteroatoms. The van der Waals surface area contributed by atoms with E-state index < -0.39 is 9.84 Å². The lowest BCUT2D eigenvalue weighted by Gasteiger charge is -2.04. The topological polar surface area (TPSA) is 60.4 Å². The highest BCUT2D eigenvalue weighted by Gasteiger charge is 2.05. The normalized spacial score (nSPS) is 11.0. The summed E-state index contributed by atoms with van der Waals surface area (Å²) in [5.74, 6) is 0.559. The average molecular weight is 228 g/mol. The second-order valence-electron chi connectivity index (χ2n) is 3.05. The predicted molar refractivity (Wildman–Crippen MR) is 55.7 cm³/mol. The molecule has 0 saturated carbocycles. The fourth-order valence-electron chi connectivity index (χ4n) is 1.01. The summed E-state index contributed by atoms with van der Waals surface area (Å²) in [6.45, 7) is 0.307. The summed E-state index contributed by atoms with van der Waals surface area (Å²) in [4.78, 5) is 10.3. The van der Waals surface area contributed by atoms with Crippen molar-refractivity contribution in [1.82, 2.24) is 0 Å². The van der Waals surface area contributed by atoms with Crippen LogP contribution in [0.3, 0.4) is 0 Å². The molecule has 1 rings (SSSR count). The molecule has 0 radical (unpaired) electrons. The van der Waals surface area contributed by atoms with Crippen LogP contribution in [-0.2, 0) is 14.6 Å². The Bertz CT molecular complexity index is 419. The number of aldehydes is 1. The maximum Gasteiger partial charge on any atom is 0.175 e. The molecule has 0 unspecified atom stereocenters. The molecule has 0 fully saturated rings. The highest BCUT2D eigenvalue weighted by molar-refractivity contribution is 7.90. The summed E-state index contributed by atoms with van der Waals surface area (Å²) in [5.41, 5.74) is 0. The number of benzene rings is 1. The number of hydrogen-bond acceptors (Lipinski definition) is 4. The monoisotopic (exact) mass is 228 g/mol. The molecule has 4 nitrogen and oxygen atoms in total. The molecule has 0 aliphatic heterocycles. The van der Waals surface area contributed by atoms with Gasteiger partial charge >= 0.3 is 0 Å². The fraction of sp³-hybridized carbons (Fsp3) is 0.300. The Morgan fingerprint density at radius 3 is 2.33 bits per heavy atom. The Kier molecular flexibility index (Phi) is 3.85. The van der Waals surface area contributed by atoms with Gasteiger partial charge in [0.25, 0.3) is 0 Å². The highest BCUT2D eigenvalue weighted by Crippen LogP contribution is 2.15. The maximum absolute atomic E-state index is 11.1. The first-order chi connectivity index (χ1) is 7.04. The molecule has 0 aromatic heterocycles. The van der Waals surface area contributed by atoms with E-state index in [-0.39, 0.29) is 4.90 Å². The van der Waals surface area contributed by atoms with Crippen molar-refractivity contribution < 1.29 is 17.9 Å². The van der Waals surface area contributed by atoms with Gasteiger partial charge in [-0.3, -0.25) is 0 Å². The van der Waals surface area contributed by atoms with Crippen molar-refractivity contribution in [3.63, 3.8) is 0 Å². The predicted octanol–water partition coefficient (Wildman–Crippen LogP) is 1.06. The Hall–Kier alpha value is -1.36. The molecule has 82 valence electrons. The van der Waals surface area contributed by atoms with E-state index in [0.29, 0.717) is 18.8 Å². The van der Waals surface area contributed by atoms with Crippen LogP contribution in [0.2, 0.25) is 0 Å². The van der Waals surface area contributed by atoms with Crippen LogP contribution >= 0.6 is 0 Å². The zero-order chi connectivity index (χ0) is 11.3. The minimum absolute atomic E-state index is 0.255. The summed E-state index contributed by atoms with van der Waals surface area (Å²) >= 11 is 0. The Morgan fingerprint density at radius 2 is 1.87 bits per heavy atom. The molecule has 0 bridgehead atoms. The number of sulfone groups is 1. The van der Waals surface area contributed by atoms with Crippen LogP contribution in [0.25, 0.3) is 0 Å². The van der Waals surface area contributed by atoms with Crippen LogP contribution in [0.4, 0.5) is 0 Å². The molecule has 1 aromatic carbocycles. The summed E-state index contributed by atoms with van der Waals surface area (Å²) in [7, 11) is -3.16. The fourth-order valence-corrected chi connectivity index (χ4v) is 1.64. The third-order valence-electron chi connectivity index (χ3n) is 1.76. The van der Waals surface area contributed by atoms with E-state index in [4.69, 9.17) is 4.74 Å². The van der Waals surface area contributed by atoms with E-state index in [1.54, 1.807) is 12.1 Å². The van der Waals surface area contributed by atoms with Crippen molar-refractivity contribution in [3.8, 4) is 5.75 Å². The highest BCUT2D eigenvalue weighted by atomic mass is 32.2. The molecular formula is C10H12O4S. The van der Waals surface area contributed by atoms with Crippen molar-refractivity contribution in [3.05, 3.63) is 24.3 Å². The molecule has 0 aliphatic carbocycles. The van der Waals surface area contributed by atoms with Gasteiger partial charge in [0, 0.05) is 12.7 Å². The van der Waals surface area contributed by atoms with Crippen molar-refractivity contribution in [2.24, 2.45) is 0 Å². The van der Waals surface area contributed by atoms with Crippen molar-refractivity contribution in [2.45, 2.75) is 11.3 Å². The SMILES string of the molecule is CS(=O)(=O)c1ccc(OCCC=O)cc1. The minimum atomic E-state index is -3.16. The first-order valence-electron chi connectivity index (χ1n) is 4.40. The molecule has 0 amide bonds. The quantitative estimate of drug-likeness (QED) is 0.558. The second-order valence-corrected chi connectivity index (χ2v) is 5.06. The van der Waals surface area contributed by atoms with Gasteiger partial charge in [0.1, 0.15) is 12.0 Å². The zero-order valence-corrected chi connectivity index (χ0v) is 9.16. The van der Waals surface area contributed by atoms with E-state index in [2.05, 4.69) is 0 Å². The van der Waals surface area contributed by atoms with Gasteiger partial charge < -0.3 is 9.53 Å². The van der Waals surface area contributed by atoms with Crippen molar-refractivity contribution in [1.29, 1.82) is 0 Å². The summed E-state index contributed by atoms with van der Waals surface area (Å²) in [6.07, 6.45) is 2.24. The Labute approximate surface area is 88.8 Å². The summed E-state index contributed by atoms with van der Waals surface area (Å²) in [5, 5.41) is 0. The molecule has 0 aliphatic rings. The van der Waals surface area contributed by atoms with Crippen LogP contribution in [0.15, 0.2) is 29.2 Å². The zero-order valence-electron chi connectivity index (χ0n) is 8.34. The van der Waals surface area contributed by atoms with Crippen molar-refractivity contribution in [2.75, 3.05) is 12.9 Å². The van der Waals surface area contributed by atoms with E-state index in [9.17, 15) is 13.2 Å². The molecule has 0 spiro atoms. The number of carbonyl (C=O) groups is 1. The number of carbonyl (C=O) groups excluding carboxylic acids is 1. The smallest absolute Gasteiger partial charge is 0.175 e. The van der Waals surface area contributed by atoms with Gasteiger partial charge in [-0.25, -0.2) is 8.42 Å². The van der Waals surface area contributed by atoms with Crippen LogP contribution in [-0.4, -0.2) is 27.6 Å². The molecular weight excluding hydrogens is 216 g/mol. The van der Waals surface area contributed by atoms with Gasteiger partial charge in [-0.1, -0.05) is 0 Å². The number of ether oxygens (including phenoxy) is 1. The third kappa shape index (κ3) is 3.71. The molecule has 0 saturated heterocycles. The van der Waals surface area contributed by atoms with Crippen molar-refractivity contribution >= 4 is 16.1 Å². The minimum Gasteiger partial charge on any atom is -0.493 e. The van der Waals surface area contributed by atoms with Gasteiger partial charge in [0.2, 0.25) is 0 Å². The molecule has 15 heavy (non-hydrogen) atoms. The Balaban J connectivity index is 2.69. The van der Waals surface area contributed by atoms with Gasteiger partial charge in [-0.15, -0.1) is 0 Å². The molecule has 0 heterocycles. The van der Waals surface area contributed by atoms with E-state index in [0.717, 1.165) is 12.5 Å². The first kappa shape index (κ1) is 11.7. The Morgan fingerprint density at radius 1 is 1.27 bits per heavy atom. The summed E-state index contributed by atoms with van der Waals surface area (Å²) < 4.78 is 27.4. The van der Waals surface area contributed by atoms with Crippen LogP contribution in [0.5, 0.6) is 5.75 Å². The van der Waals surface area contributed by atoms with Crippen LogP contribution in [0, 0.1) is 0 Å². The molecule has 1 aromatic rings. The van der Waals surface area contributed by atoms with Gasteiger partial charge in [0.15, 0.2) is 9.84 Å². The number of rotatable bonds is 5. The third-order valence-corrected chi connectivity index (χ3v) is 2.88. The average Bonchev–Trinajstić information content (AvgIpc) is 2.18. The lowest BCUT2D eigenvalue weighted by Crippen LogP contribution is -1.99. The lowest BCUT2D eigenvalue weighted by molar-refractivity contribution is -0.108. The maximum atomic E-state index is 11.1. The lowest BCUT2D eigenvalue weighted by atomic mass is 10.3. The summed E-state index contributed by atoms with van der Waals surface area (Å²) in [6, 6.07) is 6.10. The largest absolute Gasteiger partial charge is 0.493 e. The molecule has 0 atom stereocenters. The second kappa shape index (κ2) is 4.93. The first-order valence-corrected chi connectivity index (χ1v) is 6.30. The van der Waals surface area contributed by atoms with Crippen LogP contribution < -0.4 is 4.74 Å². The van der Waals surface area contributed by atoms with E-state index >= 15 is 0 Å². The van der Waals surface area contributed by atoms with Crippen LogP contribution in [0.1, 0.15) is 6.42 Å². The standard InChI is InChI=1S/C10H12O4S/c1-15(12,13)10-5-3-9(4-6-10)14-8-2-7-11/h3-7H,2,8H2,1H3. The van der Waals surface area contributed by atoms with Gasteiger partial charge in [-0.2, -0.15) is 0 Å². The van der Waals surface area contributed by atoms with E-state index in [1.165, 1.54) is 12.1 Å². The van der Waals surface area contributed by atoms with Gasteiger partial charge in [0.05, 0.1) is 11.5 Å². The molecule has 0 N–H and O–H groups in total. The number of hydrogen-bond donors (Lipinski definition) is 0. The van der Waals surface area contributed by atoms with E-state index in [1.807, 2.05) is 0 Å². The van der Waals surface area contributed by atoms with Gasteiger partial charge in [-0.05, 0) is 24.3 Å².